The van der Waals surface area contributed by atoms with Crippen LogP contribution in [0.3, 0.4) is 0 Å². The van der Waals surface area contributed by atoms with Crippen molar-refractivity contribution in [1.29, 1.82) is 0 Å². The van der Waals surface area contributed by atoms with Crippen LogP contribution in [0.1, 0.15) is 18.1 Å². The number of alkyl halides is 3. The second-order valence-corrected chi connectivity index (χ2v) is 5.84. The lowest BCUT2D eigenvalue weighted by atomic mass is 10.1. The number of rotatable bonds is 6. The number of nitrogens with zero attached hydrogens (tertiary/aromatic N) is 3. The Bertz CT molecular complexity index is 814. The normalized spacial score (nSPS) is 14.2. The molecule has 3 rings (SSSR count). The fraction of sp³-hybridized carbons (Fsp3) is 0.263. The van der Waals surface area contributed by atoms with E-state index in [2.05, 4.69) is 27.1 Å². The molecule has 0 unspecified atom stereocenters. The van der Waals surface area contributed by atoms with Crippen molar-refractivity contribution in [3.63, 3.8) is 0 Å². The molecule has 0 aliphatic carbocycles. The molecule has 1 aliphatic heterocycles. The molecule has 1 aliphatic rings. The summed E-state index contributed by atoms with van der Waals surface area (Å²) in [6, 6.07) is 13.5. The minimum absolute atomic E-state index is 0.266. The van der Waals surface area contributed by atoms with Gasteiger partial charge >= 0.3 is 6.36 Å². The van der Waals surface area contributed by atoms with Gasteiger partial charge in [-0.3, -0.25) is 5.01 Å². The fourth-order valence-electron chi connectivity index (χ4n) is 2.54. The number of anilines is 1. The average molecular weight is 376 g/mol. The number of hydrogen-bond acceptors (Lipinski definition) is 5. The van der Waals surface area contributed by atoms with Crippen LogP contribution in [0.25, 0.3) is 0 Å². The van der Waals surface area contributed by atoms with Crippen molar-refractivity contribution in [2.75, 3.05) is 18.1 Å². The summed E-state index contributed by atoms with van der Waals surface area (Å²) in [4.78, 5) is 4.33. The molecular formula is C19H19F3N4O. The Morgan fingerprint density at radius 1 is 1.07 bits per heavy atom. The van der Waals surface area contributed by atoms with Gasteiger partial charge in [0.15, 0.2) is 5.84 Å². The lowest BCUT2D eigenvalue weighted by molar-refractivity contribution is -0.274. The smallest absolute Gasteiger partial charge is 0.406 e. The van der Waals surface area contributed by atoms with Gasteiger partial charge in [0, 0.05) is 18.3 Å². The van der Waals surface area contributed by atoms with Crippen molar-refractivity contribution < 1.29 is 17.9 Å². The van der Waals surface area contributed by atoms with Crippen LogP contribution in [0.5, 0.6) is 5.75 Å². The zero-order valence-corrected chi connectivity index (χ0v) is 14.7. The molecular weight excluding hydrogens is 357 g/mol. The van der Waals surface area contributed by atoms with Crippen molar-refractivity contribution in [1.82, 2.24) is 5.32 Å². The van der Waals surface area contributed by atoms with Gasteiger partial charge in [-0.15, -0.1) is 13.2 Å². The molecule has 0 saturated heterocycles. The van der Waals surface area contributed by atoms with Crippen LogP contribution in [0.2, 0.25) is 0 Å². The van der Waals surface area contributed by atoms with Crippen LogP contribution in [0.15, 0.2) is 58.6 Å². The number of nitrogens with one attached hydrogen (secondary N) is 1. The molecule has 5 nitrogen and oxygen atoms in total. The van der Waals surface area contributed by atoms with Gasteiger partial charge in [0.2, 0.25) is 0 Å². The number of aliphatic imine (C=N–C) groups is 1. The number of ether oxygens (including phenoxy) is 1. The maximum atomic E-state index is 12.3. The lowest BCUT2D eigenvalue weighted by Gasteiger charge is -2.21. The predicted octanol–water partition coefficient (Wildman–Crippen LogP) is 3.95. The number of hydrazone groups is 1. The highest BCUT2D eigenvalue weighted by atomic mass is 19.4. The van der Waals surface area contributed by atoms with E-state index in [1.165, 1.54) is 24.3 Å². The summed E-state index contributed by atoms with van der Waals surface area (Å²) in [7, 11) is 0. The number of hydrogen-bond donors (Lipinski definition) is 1. The zero-order chi connectivity index (χ0) is 19.3. The van der Waals surface area contributed by atoms with Crippen LogP contribution in [-0.2, 0) is 6.54 Å². The van der Waals surface area contributed by atoms with Crippen LogP contribution < -0.4 is 15.1 Å². The summed E-state index contributed by atoms with van der Waals surface area (Å²) < 4.78 is 40.7. The second kappa shape index (κ2) is 8.22. The Morgan fingerprint density at radius 2 is 1.78 bits per heavy atom. The molecule has 0 amide bonds. The van der Waals surface area contributed by atoms with Crippen molar-refractivity contribution in [3.8, 4) is 5.75 Å². The third-order valence-electron chi connectivity index (χ3n) is 3.84. The first-order chi connectivity index (χ1) is 12.9. The van der Waals surface area contributed by atoms with Crippen molar-refractivity contribution >= 4 is 17.7 Å². The first-order valence-corrected chi connectivity index (χ1v) is 8.49. The summed E-state index contributed by atoms with van der Waals surface area (Å²) in [5.74, 6) is 0.282. The quantitative estimate of drug-likeness (QED) is 0.831. The molecule has 0 atom stereocenters. The van der Waals surface area contributed by atoms with Crippen LogP contribution >= 0.6 is 0 Å². The maximum absolute atomic E-state index is 12.3. The van der Waals surface area contributed by atoms with Gasteiger partial charge in [-0.25, -0.2) is 4.99 Å². The lowest BCUT2D eigenvalue weighted by Crippen LogP contribution is -2.25. The summed E-state index contributed by atoms with van der Waals surface area (Å²) >= 11 is 0. The molecule has 0 spiro atoms. The molecule has 2 aromatic rings. The molecule has 142 valence electrons. The number of halogens is 3. The molecule has 0 aromatic heterocycles. The second-order valence-electron chi connectivity index (χ2n) is 5.84. The SMILES string of the molecule is CCNCc1ccc(C2=NN(c3ccc(OC(F)(F)F)cc3)CC=N2)cc1. The summed E-state index contributed by atoms with van der Waals surface area (Å²) in [6.45, 7) is 4.18. The topological polar surface area (TPSA) is 49.2 Å². The average Bonchev–Trinajstić information content (AvgIpc) is 2.66. The van der Waals surface area contributed by atoms with E-state index >= 15 is 0 Å². The van der Waals surface area contributed by atoms with Crippen molar-refractivity contribution in [2.45, 2.75) is 19.8 Å². The van der Waals surface area contributed by atoms with E-state index in [1.807, 2.05) is 24.3 Å². The third-order valence-corrected chi connectivity index (χ3v) is 3.84. The Balaban J connectivity index is 1.73. The maximum Gasteiger partial charge on any atom is 0.573 e. The Labute approximate surface area is 155 Å². The number of benzene rings is 2. The molecule has 8 heteroatoms. The third kappa shape index (κ3) is 5.30. The molecule has 0 radical (unpaired) electrons. The van der Waals surface area contributed by atoms with E-state index in [9.17, 15) is 13.2 Å². The van der Waals surface area contributed by atoms with E-state index < -0.39 is 6.36 Å². The van der Waals surface area contributed by atoms with Gasteiger partial charge in [0.1, 0.15) is 5.75 Å². The minimum atomic E-state index is -4.70. The van der Waals surface area contributed by atoms with E-state index in [0.29, 0.717) is 18.1 Å². The predicted molar refractivity (Wildman–Crippen MR) is 99.3 cm³/mol. The number of amidine groups is 1. The Hall–Kier alpha value is -2.87. The summed E-state index contributed by atoms with van der Waals surface area (Å²) in [5.41, 5.74) is 2.68. The van der Waals surface area contributed by atoms with Gasteiger partial charge in [-0.1, -0.05) is 31.2 Å². The summed E-state index contributed by atoms with van der Waals surface area (Å²) in [5, 5.41) is 9.43. The monoisotopic (exact) mass is 376 g/mol. The van der Waals surface area contributed by atoms with E-state index in [0.717, 1.165) is 24.2 Å². The van der Waals surface area contributed by atoms with Gasteiger partial charge in [0.05, 0.1) is 12.2 Å². The standard InChI is InChI=1S/C19H19F3N4O/c1-2-23-13-14-3-5-15(6-4-14)18-24-11-12-26(25-18)16-7-9-17(10-8-16)27-19(20,21)22/h3-11,23H,2,12-13H2,1H3. The first kappa shape index (κ1) is 18.9. The van der Waals surface area contributed by atoms with E-state index in [1.54, 1.807) is 11.2 Å². The van der Waals surface area contributed by atoms with E-state index in [4.69, 9.17) is 0 Å². The Morgan fingerprint density at radius 3 is 2.41 bits per heavy atom. The molecule has 1 heterocycles. The van der Waals surface area contributed by atoms with Crippen molar-refractivity contribution in [2.24, 2.45) is 10.1 Å². The van der Waals surface area contributed by atoms with Crippen molar-refractivity contribution in [3.05, 3.63) is 59.7 Å². The van der Waals surface area contributed by atoms with Gasteiger partial charge in [-0.2, -0.15) is 5.10 Å². The summed E-state index contributed by atoms with van der Waals surface area (Å²) in [6.07, 6.45) is -2.99. The Kier molecular flexibility index (Phi) is 5.75. The van der Waals surface area contributed by atoms with Crippen LogP contribution in [0, 0.1) is 0 Å². The molecule has 1 N–H and O–H groups in total. The minimum Gasteiger partial charge on any atom is -0.406 e. The van der Waals surface area contributed by atoms with Crippen LogP contribution in [0.4, 0.5) is 18.9 Å². The highest BCUT2D eigenvalue weighted by Gasteiger charge is 2.31. The molecule has 27 heavy (non-hydrogen) atoms. The fourth-order valence-corrected chi connectivity index (χ4v) is 2.54. The molecule has 2 aromatic carbocycles. The molecule has 0 saturated carbocycles. The molecule has 0 fully saturated rings. The van der Waals surface area contributed by atoms with Gasteiger partial charge in [-0.05, 0) is 36.4 Å². The first-order valence-electron chi connectivity index (χ1n) is 8.49. The zero-order valence-electron chi connectivity index (χ0n) is 14.7. The van der Waals surface area contributed by atoms with Gasteiger partial charge < -0.3 is 10.1 Å². The van der Waals surface area contributed by atoms with E-state index in [-0.39, 0.29) is 5.75 Å². The highest BCUT2D eigenvalue weighted by Crippen LogP contribution is 2.26. The van der Waals surface area contributed by atoms with Crippen LogP contribution in [-0.4, -0.2) is 31.5 Å². The molecule has 0 bridgehead atoms. The largest absolute Gasteiger partial charge is 0.573 e. The highest BCUT2D eigenvalue weighted by molar-refractivity contribution is 6.05. The van der Waals surface area contributed by atoms with Gasteiger partial charge in [0.25, 0.3) is 0 Å².